The molecule has 0 aromatic rings. The first-order valence-electron chi connectivity index (χ1n) is 7.60. The molecule has 0 aromatic heterocycles. The molecule has 5 heteroatoms. The zero-order chi connectivity index (χ0) is 14.4. The number of nitrogens with one attached hydrogen (secondary N) is 2. The van der Waals surface area contributed by atoms with Crippen LogP contribution in [0.2, 0.25) is 0 Å². The fraction of sp³-hybridized carbons (Fsp3) is 0.800. The third-order valence-electron chi connectivity index (χ3n) is 4.58. The minimum absolute atomic E-state index is 0.0597. The van der Waals surface area contributed by atoms with Crippen molar-refractivity contribution >= 4 is 6.03 Å². The Labute approximate surface area is 121 Å². The Kier molecular flexibility index (Phi) is 5.43. The van der Waals surface area contributed by atoms with Gasteiger partial charge in [0.25, 0.3) is 0 Å². The topological polar surface area (TPSA) is 53.6 Å². The highest BCUT2D eigenvalue weighted by Crippen LogP contribution is 2.34. The number of likely N-dealkylation sites (tertiary alicyclic amines) is 1. The number of amides is 2. The number of ether oxygens (including phenoxy) is 1. The van der Waals surface area contributed by atoms with Crippen LogP contribution in [-0.4, -0.2) is 55.9 Å². The number of hydrogen-bond donors (Lipinski definition) is 2. The number of nitrogens with zero attached hydrogens (tertiary/aromatic N) is 1. The molecule has 2 amide bonds. The molecule has 0 radical (unpaired) electrons. The van der Waals surface area contributed by atoms with Gasteiger partial charge in [-0.3, -0.25) is 4.90 Å². The van der Waals surface area contributed by atoms with Gasteiger partial charge in [-0.05, 0) is 32.1 Å². The van der Waals surface area contributed by atoms with Crippen LogP contribution >= 0.6 is 0 Å². The average Bonchev–Trinajstić information content (AvgIpc) is 2.41. The van der Waals surface area contributed by atoms with Crippen LogP contribution in [0.5, 0.6) is 0 Å². The van der Waals surface area contributed by atoms with Crippen molar-refractivity contribution in [2.24, 2.45) is 0 Å². The minimum Gasteiger partial charge on any atom is -0.376 e. The molecule has 1 saturated carbocycles. The molecule has 2 aliphatic rings. The van der Waals surface area contributed by atoms with Crippen LogP contribution in [0.1, 0.15) is 32.1 Å². The zero-order valence-electron chi connectivity index (χ0n) is 12.5. The van der Waals surface area contributed by atoms with Crippen molar-refractivity contribution in [2.45, 2.75) is 43.7 Å². The van der Waals surface area contributed by atoms with E-state index in [0.717, 1.165) is 45.3 Å². The Bertz CT molecular complexity index is 329. The van der Waals surface area contributed by atoms with E-state index >= 15 is 0 Å². The lowest BCUT2D eigenvalue weighted by Crippen LogP contribution is -2.53. The number of carbonyl (C=O) groups is 1. The maximum absolute atomic E-state index is 11.9. The second kappa shape index (κ2) is 7.09. The van der Waals surface area contributed by atoms with Crippen LogP contribution in [0.25, 0.3) is 0 Å². The van der Waals surface area contributed by atoms with E-state index in [4.69, 9.17) is 4.74 Å². The van der Waals surface area contributed by atoms with Crippen LogP contribution in [0.3, 0.4) is 0 Å². The Morgan fingerprint density at radius 3 is 2.65 bits per heavy atom. The summed E-state index contributed by atoms with van der Waals surface area (Å²) < 4.78 is 5.50. The number of carbonyl (C=O) groups excluding carboxylic acids is 1. The Morgan fingerprint density at radius 1 is 1.45 bits per heavy atom. The van der Waals surface area contributed by atoms with E-state index in [9.17, 15) is 4.79 Å². The molecule has 5 nitrogen and oxygen atoms in total. The summed E-state index contributed by atoms with van der Waals surface area (Å²) >= 11 is 0. The van der Waals surface area contributed by atoms with E-state index in [1.54, 1.807) is 7.11 Å². The highest BCUT2D eigenvalue weighted by molar-refractivity contribution is 5.74. The molecule has 20 heavy (non-hydrogen) atoms. The standard InChI is InChI=1S/C15H27N3O2/c1-3-9-18-10-5-13(6-11-18)17-14(19)16-12-15(20-2)7-4-8-15/h3,13H,1,4-12H2,2H3,(H2,16,17,19). The SMILES string of the molecule is C=CCN1CCC(NC(=O)NCC2(OC)CCC2)CC1. The lowest BCUT2D eigenvalue weighted by atomic mass is 9.80. The van der Waals surface area contributed by atoms with E-state index in [-0.39, 0.29) is 17.7 Å². The maximum atomic E-state index is 11.9. The van der Waals surface area contributed by atoms with Crippen molar-refractivity contribution in [1.82, 2.24) is 15.5 Å². The monoisotopic (exact) mass is 281 g/mol. The number of piperidine rings is 1. The number of methoxy groups -OCH3 is 1. The quantitative estimate of drug-likeness (QED) is 0.726. The van der Waals surface area contributed by atoms with Gasteiger partial charge in [-0.2, -0.15) is 0 Å². The normalized spacial score (nSPS) is 22.9. The molecule has 0 aromatic carbocycles. The minimum atomic E-state index is -0.106. The summed E-state index contributed by atoms with van der Waals surface area (Å²) in [7, 11) is 1.73. The number of urea groups is 1. The van der Waals surface area contributed by atoms with Crippen LogP contribution in [0.15, 0.2) is 12.7 Å². The van der Waals surface area contributed by atoms with Gasteiger partial charge in [0.05, 0.1) is 5.60 Å². The fourth-order valence-electron chi connectivity index (χ4n) is 2.94. The van der Waals surface area contributed by atoms with Crippen molar-refractivity contribution in [3.8, 4) is 0 Å². The summed E-state index contributed by atoms with van der Waals surface area (Å²) in [5, 5.41) is 6.02. The largest absolute Gasteiger partial charge is 0.376 e. The summed E-state index contributed by atoms with van der Waals surface area (Å²) in [5.74, 6) is 0. The van der Waals surface area contributed by atoms with E-state index in [2.05, 4.69) is 22.1 Å². The van der Waals surface area contributed by atoms with Crippen LogP contribution in [0.4, 0.5) is 4.79 Å². The molecule has 2 fully saturated rings. The first-order valence-corrected chi connectivity index (χ1v) is 7.60. The van der Waals surface area contributed by atoms with Gasteiger partial charge in [-0.25, -0.2) is 4.79 Å². The molecule has 1 heterocycles. The van der Waals surface area contributed by atoms with E-state index in [1.807, 2.05) is 6.08 Å². The first-order chi connectivity index (χ1) is 9.67. The smallest absolute Gasteiger partial charge is 0.315 e. The van der Waals surface area contributed by atoms with Gasteiger partial charge >= 0.3 is 6.03 Å². The van der Waals surface area contributed by atoms with Gasteiger partial charge in [0.15, 0.2) is 0 Å². The number of hydrogen-bond acceptors (Lipinski definition) is 3. The lowest BCUT2D eigenvalue weighted by Gasteiger charge is -2.40. The summed E-state index contributed by atoms with van der Waals surface area (Å²) in [6.45, 7) is 7.37. The summed E-state index contributed by atoms with van der Waals surface area (Å²) in [6, 6.07) is 0.228. The predicted octanol–water partition coefficient (Wildman–Crippen LogP) is 1.51. The van der Waals surface area contributed by atoms with Gasteiger partial charge in [-0.1, -0.05) is 6.08 Å². The highest BCUT2D eigenvalue weighted by atomic mass is 16.5. The summed E-state index contributed by atoms with van der Waals surface area (Å²) in [5.41, 5.74) is -0.106. The highest BCUT2D eigenvalue weighted by Gasteiger charge is 2.37. The Hall–Kier alpha value is -1.07. The molecule has 1 aliphatic carbocycles. The summed E-state index contributed by atoms with van der Waals surface area (Å²) in [6.07, 6.45) is 7.24. The van der Waals surface area contributed by atoms with Gasteiger partial charge in [0.2, 0.25) is 0 Å². The van der Waals surface area contributed by atoms with Crippen molar-refractivity contribution in [3.63, 3.8) is 0 Å². The van der Waals surface area contributed by atoms with Crippen molar-refractivity contribution < 1.29 is 9.53 Å². The van der Waals surface area contributed by atoms with Crippen molar-refractivity contribution in [2.75, 3.05) is 33.3 Å². The fourth-order valence-corrected chi connectivity index (χ4v) is 2.94. The predicted molar refractivity (Wildman–Crippen MR) is 79.8 cm³/mol. The number of rotatable bonds is 6. The second-order valence-corrected chi connectivity index (χ2v) is 5.93. The van der Waals surface area contributed by atoms with Crippen LogP contribution < -0.4 is 10.6 Å². The Balaban J connectivity index is 1.64. The summed E-state index contributed by atoms with van der Waals surface area (Å²) in [4.78, 5) is 14.3. The molecule has 1 saturated heterocycles. The lowest BCUT2D eigenvalue weighted by molar-refractivity contribution is -0.0674. The molecule has 0 spiro atoms. The third kappa shape index (κ3) is 3.96. The molecule has 0 bridgehead atoms. The average molecular weight is 281 g/mol. The molecule has 0 unspecified atom stereocenters. The van der Waals surface area contributed by atoms with Gasteiger partial charge in [-0.15, -0.1) is 6.58 Å². The third-order valence-corrected chi connectivity index (χ3v) is 4.58. The van der Waals surface area contributed by atoms with Crippen molar-refractivity contribution in [3.05, 3.63) is 12.7 Å². The van der Waals surface area contributed by atoms with Gasteiger partial charge in [0, 0.05) is 39.3 Å². The molecule has 2 N–H and O–H groups in total. The molecular weight excluding hydrogens is 254 g/mol. The first kappa shape index (κ1) is 15.3. The molecule has 2 rings (SSSR count). The van der Waals surface area contributed by atoms with Gasteiger partial charge in [0.1, 0.15) is 0 Å². The molecule has 0 atom stereocenters. The van der Waals surface area contributed by atoms with Gasteiger partial charge < -0.3 is 15.4 Å². The molecule has 1 aliphatic heterocycles. The van der Waals surface area contributed by atoms with E-state index < -0.39 is 0 Å². The molecular formula is C15H27N3O2. The second-order valence-electron chi connectivity index (χ2n) is 5.93. The van der Waals surface area contributed by atoms with E-state index in [0.29, 0.717) is 6.54 Å². The zero-order valence-corrected chi connectivity index (χ0v) is 12.5. The van der Waals surface area contributed by atoms with Crippen molar-refractivity contribution in [1.29, 1.82) is 0 Å². The molecule has 114 valence electrons. The maximum Gasteiger partial charge on any atom is 0.315 e. The van der Waals surface area contributed by atoms with Crippen LogP contribution in [0, 0.1) is 0 Å². The van der Waals surface area contributed by atoms with E-state index in [1.165, 1.54) is 6.42 Å². The van der Waals surface area contributed by atoms with Crippen LogP contribution in [-0.2, 0) is 4.74 Å². The Morgan fingerprint density at radius 2 is 2.15 bits per heavy atom.